The van der Waals surface area contributed by atoms with Gasteiger partial charge in [-0.3, -0.25) is 19.3 Å². The number of imide groups is 1. The fourth-order valence-corrected chi connectivity index (χ4v) is 2.36. The lowest BCUT2D eigenvalue weighted by Gasteiger charge is -2.22. The van der Waals surface area contributed by atoms with E-state index in [1.165, 1.54) is 6.92 Å². The maximum atomic E-state index is 12.2. The first-order valence-electron chi connectivity index (χ1n) is 7.28. The quantitative estimate of drug-likeness (QED) is 0.612. The molecule has 0 unspecified atom stereocenters. The molecule has 1 aliphatic heterocycles. The summed E-state index contributed by atoms with van der Waals surface area (Å²) >= 11 is 0. The van der Waals surface area contributed by atoms with Gasteiger partial charge in [-0.2, -0.15) is 0 Å². The molecule has 23 heavy (non-hydrogen) atoms. The van der Waals surface area contributed by atoms with Crippen LogP contribution >= 0.6 is 0 Å². The number of nitrogens with zero attached hydrogens (tertiary/aromatic N) is 1. The van der Waals surface area contributed by atoms with Crippen molar-refractivity contribution < 1.29 is 23.9 Å². The van der Waals surface area contributed by atoms with Crippen molar-refractivity contribution in [3.8, 4) is 0 Å². The molecule has 7 heteroatoms. The van der Waals surface area contributed by atoms with Crippen molar-refractivity contribution in [2.24, 2.45) is 5.73 Å². The van der Waals surface area contributed by atoms with Gasteiger partial charge < -0.3 is 10.5 Å². The molecule has 1 aliphatic rings. The molecule has 1 aromatic rings. The smallest absolute Gasteiger partial charge is 0.377 e. The fraction of sp³-hybridized carbons (Fsp3) is 0.375. The molecule has 7 nitrogen and oxygen atoms in total. The average Bonchev–Trinajstić information content (AvgIpc) is 2.93. The van der Waals surface area contributed by atoms with Crippen LogP contribution in [0.4, 0.5) is 0 Å². The van der Waals surface area contributed by atoms with Gasteiger partial charge in [-0.25, -0.2) is 4.79 Å². The first-order valence-corrected chi connectivity index (χ1v) is 7.28. The Morgan fingerprint density at radius 2 is 1.96 bits per heavy atom. The number of rotatable bonds is 5. The maximum Gasteiger partial charge on any atom is 0.377 e. The van der Waals surface area contributed by atoms with Crippen LogP contribution in [-0.2, 0) is 30.5 Å². The van der Waals surface area contributed by atoms with Crippen LogP contribution in [0.1, 0.15) is 25.3 Å². The average molecular weight is 318 g/mol. The summed E-state index contributed by atoms with van der Waals surface area (Å²) in [4.78, 5) is 48.6. The third-order valence-corrected chi connectivity index (χ3v) is 3.56. The first-order chi connectivity index (χ1) is 10.9. The summed E-state index contributed by atoms with van der Waals surface area (Å²) in [6.45, 7) is 1.37. The predicted molar refractivity (Wildman–Crippen MR) is 79.8 cm³/mol. The Kier molecular flexibility index (Phi) is 5.23. The Labute approximate surface area is 133 Å². The van der Waals surface area contributed by atoms with E-state index in [4.69, 9.17) is 10.5 Å². The molecule has 0 bridgehead atoms. The number of ketones is 1. The Morgan fingerprint density at radius 1 is 1.30 bits per heavy atom. The van der Waals surface area contributed by atoms with Crippen molar-refractivity contribution in [1.29, 1.82) is 0 Å². The largest absolute Gasteiger partial charge is 0.455 e. The predicted octanol–water partition coefficient (Wildman–Crippen LogP) is 0.164. The molecule has 1 heterocycles. The van der Waals surface area contributed by atoms with Gasteiger partial charge >= 0.3 is 5.97 Å². The number of nitrogens with two attached hydrogens (primary N) is 1. The number of hydrogen-bond donors (Lipinski definition) is 1. The SMILES string of the molecule is C[C@H](N)C(=O)N1C(=O)CC[C@H]1C(=O)C(=O)OCc1ccccc1. The van der Waals surface area contributed by atoms with Crippen LogP contribution in [0.5, 0.6) is 0 Å². The maximum absolute atomic E-state index is 12.2. The number of likely N-dealkylation sites (tertiary alicyclic amines) is 1. The van der Waals surface area contributed by atoms with E-state index in [2.05, 4.69) is 0 Å². The lowest BCUT2D eigenvalue weighted by Crippen LogP contribution is -2.50. The third kappa shape index (κ3) is 3.81. The number of benzene rings is 1. The van der Waals surface area contributed by atoms with Gasteiger partial charge in [-0.15, -0.1) is 0 Å². The molecule has 0 aromatic heterocycles. The zero-order chi connectivity index (χ0) is 17.0. The summed E-state index contributed by atoms with van der Waals surface area (Å²) in [6, 6.07) is 6.84. The van der Waals surface area contributed by atoms with E-state index in [9.17, 15) is 19.2 Å². The molecule has 2 N–H and O–H groups in total. The lowest BCUT2D eigenvalue weighted by molar-refractivity contribution is -0.159. The van der Waals surface area contributed by atoms with E-state index in [-0.39, 0.29) is 19.4 Å². The van der Waals surface area contributed by atoms with Crippen LogP contribution in [0.3, 0.4) is 0 Å². The zero-order valence-corrected chi connectivity index (χ0v) is 12.7. The van der Waals surface area contributed by atoms with Crippen molar-refractivity contribution in [1.82, 2.24) is 4.90 Å². The highest BCUT2D eigenvalue weighted by molar-refractivity contribution is 6.37. The van der Waals surface area contributed by atoms with E-state index >= 15 is 0 Å². The second-order valence-electron chi connectivity index (χ2n) is 5.37. The van der Waals surface area contributed by atoms with E-state index in [1.54, 1.807) is 24.3 Å². The van der Waals surface area contributed by atoms with Crippen molar-refractivity contribution in [3.05, 3.63) is 35.9 Å². The van der Waals surface area contributed by atoms with E-state index in [0.717, 1.165) is 10.5 Å². The molecule has 1 saturated heterocycles. The molecule has 1 fully saturated rings. The molecule has 0 aliphatic carbocycles. The molecule has 2 atom stereocenters. The Hall–Kier alpha value is -2.54. The lowest BCUT2D eigenvalue weighted by atomic mass is 10.1. The minimum atomic E-state index is -1.12. The summed E-state index contributed by atoms with van der Waals surface area (Å²) < 4.78 is 4.96. The number of hydrogen-bond acceptors (Lipinski definition) is 6. The molecule has 122 valence electrons. The minimum Gasteiger partial charge on any atom is -0.455 e. The summed E-state index contributed by atoms with van der Waals surface area (Å²) in [6.07, 6.45) is 0.136. The van der Waals surface area contributed by atoms with Crippen molar-refractivity contribution in [2.75, 3.05) is 0 Å². The van der Waals surface area contributed by atoms with Crippen molar-refractivity contribution in [3.63, 3.8) is 0 Å². The Morgan fingerprint density at radius 3 is 2.57 bits per heavy atom. The molecule has 1 aromatic carbocycles. The normalized spacial score (nSPS) is 18.6. The molecular formula is C16H18N2O5. The van der Waals surface area contributed by atoms with Gasteiger partial charge in [0.25, 0.3) is 5.78 Å². The summed E-state index contributed by atoms with van der Waals surface area (Å²) in [5.74, 6) is -3.12. The van der Waals surface area contributed by atoms with Crippen LogP contribution in [-0.4, -0.2) is 40.6 Å². The summed E-state index contributed by atoms with van der Waals surface area (Å²) in [5, 5.41) is 0. The second-order valence-corrected chi connectivity index (χ2v) is 5.37. The van der Waals surface area contributed by atoms with Crippen LogP contribution in [0, 0.1) is 0 Å². The number of carbonyl (C=O) groups is 4. The second kappa shape index (κ2) is 7.15. The number of esters is 1. The fourth-order valence-electron chi connectivity index (χ4n) is 2.36. The molecule has 0 radical (unpaired) electrons. The van der Waals surface area contributed by atoms with E-state index in [1.807, 2.05) is 6.07 Å². The monoisotopic (exact) mass is 318 g/mol. The summed E-state index contributed by atoms with van der Waals surface area (Å²) in [7, 11) is 0. The minimum absolute atomic E-state index is 0.0286. The molecular weight excluding hydrogens is 300 g/mol. The third-order valence-electron chi connectivity index (χ3n) is 3.56. The highest BCUT2D eigenvalue weighted by Crippen LogP contribution is 2.21. The van der Waals surface area contributed by atoms with Crippen LogP contribution < -0.4 is 5.73 Å². The number of Topliss-reactive ketones (excluding diaryl/α,β-unsaturated/α-hetero) is 1. The van der Waals surface area contributed by atoms with Crippen LogP contribution in [0.2, 0.25) is 0 Å². The topological polar surface area (TPSA) is 107 Å². The zero-order valence-electron chi connectivity index (χ0n) is 12.7. The van der Waals surface area contributed by atoms with Crippen molar-refractivity contribution >= 4 is 23.6 Å². The first kappa shape index (κ1) is 16.8. The molecule has 2 amide bonds. The van der Waals surface area contributed by atoms with Gasteiger partial charge in [0.2, 0.25) is 11.8 Å². The highest BCUT2D eigenvalue weighted by Gasteiger charge is 2.43. The summed E-state index contributed by atoms with van der Waals surface area (Å²) in [5.41, 5.74) is 6.22. The van der Waals surface area contributed by atoms with Gasteiger partial charge in [0.05, 0.1) is 6.04 Å². The van der Waals surface area contributed by atoms with Gasteiger partial charge in [0.1, 0.15) is 12.6 Å². The standard InChI is InChI=1S/C16H18N2O5/c1-10(17)15(21)18-12(7-8-13(18)19)14(20)16(22)23-9-11-5-3-2-4-6-11/h2-6,10,12H,7-9,17H2,1H3/t10-,12-/m0/s1. The molecule has 0 saturated carbocycles. The van der Waals surface area contributed by atoms with Gasteiger partial charge in [0.15, 0.2) is 0 Å². The molecule has 0 spiro atoms. The highest BCUT2D eigenvalue weighted by atomic mass is 16.5. The number of amides is 2. The van der Waals surface area contributed by atoms with Crippen molar-refractivity contribution in [2.45, 2.75) is 38.5 Å². The van der Waals surface area contributed by atoms with Gasteiger partial charge in [-0.05, 0) is 18.9 Å². The van der Waals surface area contributed by atoms with Gasteiger partial charge in [0, 0.05) is 6.42 Å². The van der Waals surface area contributed by atoms with E-state index in [0.29, 0.717) is 0 Å². The van der Waals surface area contributed by atoms with Gasteiger partial charge in [-0.1, -0.05) is 30.3 Å². The Balaban J connectivity index is 2.02. The van der Waals surface area contributed by atoms with Crippen LogP contribution in [0.15, 0.2) is 30.3 Å². The van der Waals surface area contributed by atoms with Crippen LogP contribution in [0.25, 0.3) is 0 Å². The number of carbonyl (C=O) groups excluding carboxylic acids is 4. The Bertz CT molecular complexity index is 627. The number of ether oxygens (including phenoxy) is 1. The molecule has 2 rings (SSSR count). The van der Waals surface area contributed by atoms with E-state index < -0.39 is 35.7 Å².